The zero-order chi connectivity index (χ0) is 33.9. The molecule has 0 spiro atoms. The molecule has 3 heteroatoms. The Hall–Kier alpha value is -7.02. The van der Waals surface area contributed by atoms with E-state index in [2.05, 4.69) is 161 Å². The highest BCUT2D eigenvalue weighted by Crippen LogP contribution is 2.46. The summed E-state index contributed by atoms with van der Waals surface area (Å²) in [7, 11) is 0. The van der Waals surface area contributed by atoms with Crippen LogP contribution >= 0.6 is 0 Å². The number of pyridine rings is 1. The van der Waals surface area contributed by atoms with E-state index < -0.39 is 0 Å². The molecule has 2 heterocycles. The summed E-state index contributed by atoms with van der Waals surface area (Å²) < 4.78 is 2.31. The third-order valence-electron chi connectivity index (χ3n) is 10.3. The maximum absolute atomic E-state index is 9.93. The molecule has 0 fully saturated rings. The van der Waals surface area contributed by atoms with E-state index in [0.29, 0.717) is 5.56 Å². The summed E-state index contributed by atoms with van der Waals surface area (Å²) >= 11 is 0. The van der Waals surface area contributed by atoms with Gasteiger partial charge in [-0.2, -0.15) is 5.26 Å². The fraction of sp³-hybridized carbons (Fsp3) is 0. The summed E-state index contributed by atoms with van der Waals surface area (Å²) in [5.41, 5.74) is 10.9. The van der Waals surface area contributed by atoms with Crippen LogP contribution in [0.25, 0.3) is 93.2 Å². The molecule has 0 saturated carbocycles. The monoisotopic (exact) mass is 647 g/mol. The van der Waals surface area contributed by atoms with Crippen LogP contribution in [-0.4, -0.2) is 9.55 Å². The van der Waals surface area contributed by atoms with E-state index in [-0.39, 0.29) is 0 Å². The first kappa shape index (κ1) is 28.9. The van der Waals surface area contributed by atoms with Gasteiger partial charge in [-0.05, 0) is 114 Å². The molecule has 10 rings (SSSR count). The SMILES string of the molecule is N#Cc1ccc2c(c1)c1cc(-c3c4ccccc4c(-c4cccc5ccccc45)c4ccccc34)ccc1n2-c1ccc(-c2cccnc2)cc1. The van der Waals surface area contributed by atoms with Crippen LogP contribution in [0.15, 0.2) is 176 Å². The van der Waals surface area contributed by atoms with Crippen LogP contribution in [0.1, 0.15) is 5.56 Å². The lowest BCUT2D eigenvalue weighted by Crippen LogP contribution is -1.94. The van der Waals surface area contributed by atoms with Gasteiger partial charge in [0.05, 0.1) is 22.7 Å². The summed E-state index contributed by atoms with van der Waals surface area (Å²) in [4.78, 5) is 4.30. The second kappa shape index (κ2) is 11.6. The Kier molecular flexibility index (Phi) is 6.56. The van der Waals surface area contributed by atoms with Crippen molar-refractivity contribution >= 4 is 54.1 Å². The summed E-state index contributed by atoms with van der Waals surface area (Å²) in [6.45, 7) is 0. The Morgan fingerprint density at radius 1 is 0.451 bits per heavy atom. The molecule has 0 aliphatic heterocycles. The van der Waals surface area contributed by atoms with Crippen LogP contribution in [0.4, 0.5) is 0 Å². The van der Waals surface area contributed by atoms with Gasteiger partial charge in [0.25, 0.3) is 0 Å². The molecular weight excluding hydrogens is 619 g/mol. The molecule has 8 aromatic carbocycles. The van der Waals surface area contributed by atoms with Crippen LogP contribution in [0.5, 0.6) is 0 Å². The van der Waals surface area contributed by atoms with Gasteiger partial charge in [0.1, 0.15) is 0 Å². The van der Waals surface area contributed by atoms with Gasteiger partial charge in [0, 0.05) is 28.9 Å². The fourth-order valence-corrected chi connectivity index (χ4v) is 8.04. The predicted molar refractivity (Wildman–Crippen MR) is 212 cm³/mol. The molecule has 236 valence electrons. The minimum absolute atomic E-state index is 0.647. The van der Waals surface area contributed by atoms with Gasteiger partial charge >= 0.3 is 0 Å². The molecule has 2 aromatic heterocycles. The van der Waals surface area contributed by atoms with Gasteiger partial charge < -0.3 is 4.57 Å². The molecule has 51 heavy (non-hydrogen) atoms. The standard InChI is InChI=1S/C48H29N3/c49-29-31-18-24-45-43(27-31)44-28-34(21-25-46(44)51(45)36-22-19-32(20-23-36)35-11-8-26-50-30-35)47-39-13-3-5-15-41(39)48(42-16-6-4-14-40(42)47)38-17-7-10-33-9-1-2-12-37(33)38/h1-28,30H. The van der Waals surface area contributed by atoms with E-state index in [1.54, 1.807) is 6.20 Å². The van der Waals surface area contributed by atoms with E-state index >= 15 is 0 Å². The van der Waals surface area contributed by atoms with Crippen LogP contribution in [-0.2, 0) is 0 Å². The zero-order valence-electron chi connectivity index (χ0n) is 27.6. The Balaban J connectivity index is 1.24. The lowest BCUT2D eigenvalue weighted by Gasteiger charge is -2.19. The average molecular weight is 648 g/mol. The lowest BCUT2D eigenvalue weighted by atomic mass is 9.84. The van der Waals surface area contributed by atoms with Crippen molar-refractivity contribution in [2.75, 3.05) is 0 Å². The molecule has 0 atom stereocenters. The molecule has 0 aliphatic rings. The van der Waals surface area contributed by atoms with E-state index in [4.69, 9.17) is 0 Å². The van der Waals surface area contributed by atoms with Crippen molar-refractivity contribution in [3.8, 4) is 45.1 Å². The second-order valence-corrected chi connectivity index (χ2v) is 13.1. The van der Waals surface area contributed by atoms with E-state index in [1.807, 2.05) is 24.4 Å². The van der Waals surface area contributed by atoms with Crippen molar-refractivity contribution in [3.63, 3.8) is 0 Å². The van der Waals surface area contributed by atoms with E-state index in [1.165, 1.54) is 49.0 Å². The predicted octanol–water partition coefficient (Wildman–Crippen LogP) is 12.5. The molecule has 0 radical (unpaired) electrons. The Labute approximate surface area is 294 Å². The lowest BCUT2D eigenvalue weighted by molar-refractivity contribution is 1.18. The van der Waals surface area contributed by atoms with E-state index in [9.17, 15) is 5.26 Å². The van der Waals surface area contributed by atoms with Crippen molar-refractivity contribution in [2.24, 2.45) is 0 Å². The Bertz CT molecular complexity index is 2960. The molecule has 0 saturated heterocycles. The van der Waals surface area contributed by atoms with Crippen LogP contribution in [0, 0.1) is 11.3 Å². The van der Waals surface area contributed by atoms with Gasteiger partial charge in [-0.15, -0.1) is 0 Å². The highest BCUT2D eigenvalue weighted by molar-refractivity contribution is 6.24. The zero-order valence-corrected chi connectivity index (χ0v) is 27.6. The third kappa shape index (κ3) is 4.55. The summed E-state index contributed by atoms with van der Waals surface area (Å²) in [6.07, 6.45) is 3.69. The highest BCUT2D eigenvalue weighted by Gasteiger charge is 2.20. The quantitative estimate of drug-likeness (QED) is 0.178. The van der Waals surface area contributed by atoms with Crippen molar-refractivity contribution in [1.29, 1.82) is 5.26 Å². The summed E-state index contributed by atoms with van der Waals surface area (Å²) in [6, 6.07) is 60.8. The maximum Gasteiger partial charge on any atom is 0.0991 e. The summed E-state index contributed by atoms with van der Waals surface area (Å²) in [5.74, 6) is 0. The van der Waals surface area contributed by atoms with Gasteiger partial charge in [-0.3, -0.25) is 4.98 Å². The van der Waals surface area contributed by atoms with E-state index in [0.717, 1.165) is 44.2 Å². The summed E-state index contributed by atoms with van der Waals surface area (Å²) in [5, 5.41) is 19.5. The number of rotatable bonds is 4. The van der Waals surface area contributed by atoms with Crippen molar-refractivity contribution in [2.45, 2.75) is 0 Å². The Morgan fingerprint density at radius 2 is 1.06 bits per heavy atom. The maximum atomic E-state index is 9.93. The molecule has 0 amide bonds. The second-order valence-electron chi connectivity index (χ2n) is 13.1. The van der Waals surface area contributed by atoms with Crippen LogP contribution in [0.2, 0.25) is 0 Å². The number of fused-ring (bicyclic) bond motifs is 6. The van der Waals surface area contributed by atoms with Crippen molar-refractivity contribution < 1.29 is 0 Å². The fourth-order valence-electron chi connectivity index (χ4n) is 8.04. The first-order chi connectivity index (χ1) is 25.3. The smallest absolute Gasteiger partial charge is 0.0991 e. The molecule has 0 aliphatic carbocycles. The van der Waals surface area contributed by atoms with Gasteiger partial charge in [-0.25, -0.2) is 0 Å². The van der Waals surface area contributed by atoms with Crippen LogP contribution < -0.4 is 0 Å². The minimum Gasteiger partial charge on any atom is -0.309 e. The molecule has 0 bridgehead atoms. The number of benzene rings is 8. The molecule has 0 N–H and O–H groups in total. The van der Waals surface area contributed by atoms with Crippen LogP contribution in [0.3, 0.4) is 0 Å². The number of nitrogens with zero attached hydrogens (tertiary/aromatic N) is 3. The topological polar surface area (TPSA) is 41.6 Å². The third-order valence-corrected chi connectivity index (χ3v) is 10.3. The van der Waals surface area contributed by atoms with Gasteiger partial charge in [0.15, 0.2) is 0 Å². The number of hydrogen-bond donors (Lipinski definition) is 0. The molecule has 3 nitrogen and oxygen atoms in total. The first-order valence-corrected chi connectivity index (χ1v) is 17.2. The highest BCUT2D eigenvalue weighted by atomic mass is 15.0. The van der Waals surface area contributed by atoms with Gasteiger partial charge in [0.2, 0.25) is 0 Å². The van der Waals surface area contributed by atoms with Crippen molar-refractivity contribution in [1.82, 2.24) is 9.55 Å². The largest absolute Gasteiger partial charge is 0.309 e. The average Bonchev–Trinajstić information content (AvgIpc) is 3.53. The molecule has 10 aromatic rings. The molecule has 0 unspecified atom stereocenters. The number of aromatic nitrogens is 2. The first-order valence-electron chi connectivity index (χ1n) is 17.2. The normalized spacial score (nSPS) is 11.5. The van der Waals surface area contributed by atoms with Crippen molar-refractivity contribution in [3.05, 3.63) is 182 Å². The minimum atomic E-state index is 0.647. The number of nitriles is 1. The number of hydrogen-bond acceptors (Lipinski definition) is 2. The molecular formula is C48H29N3. The van der Waals surface area contributed by atoms with Gasteiger partial charge in [-0.1, -0.05) is 115 Å². The Morgan fingerprint density at radius 3 is 1.75 bits per heavy atom.